The van der Waals surface area contributed by atoms with Gasteiger partial charge in [-0.25, -0.2) is 0 Å². The molecule has 0 aliphatic carbocycles. The summed E-state index contributed by atoms with van der Waals surface area (Å²) in [5.41, 5.74) is 4.95. The van der Waals surface area contributed by atoms with Crippen LogP contribution in [0, 0.1) is 0 Å². The molecule has 3 atom stereocenters. The van der Waals surface area contributed by atoms with E-state index in [1.807, 2.05) is 48.5 Å². The molecule has 1 fully saturated rings. The molecule has 12 heteroatoms. The summed E-state index contributed by atoms with van der Waals surface area (Å²) in [7, 11) is 0. The minimum atomic E-state index is -0.677. The van der Waals surface area contributed by atoms with Gasteiger partial charge in [-0.2, -0.15) is 4.68 Å². The zero-order valence-corrected chi connectivity index (χ0v) is 25.3. The van der Waals surface area contributed by atoms with Gasteiger partial charge in [0.05, 0.1) is 42.2 Å². The van der Waals surface area contributed by atoms with E-state index in [-0.39, 0.29) is 42.9 Å². The van der Waals surface area contributed by atoms with Crippen LogP contribution in [0.1, 0.15) is 61.8 Å². The molecule has 7 rings (SSSR count). The molecule has 2 aliphatic heterocycles. The third-order valence-electron chi connectivity index (χ3n) is 8.02. The number of hydrogen-bond acceptors (Lipinski definition) is 10. The van der Waals surface area contributed by atoms with Crippen molar-refractivity contribution in [2.45, 2.75) is 43.2 Å². The summed E-state index contributed by atoms with van der Waals surface area (Å²) in [5, 5.41) is 31.9. The Morgan fingerprint density at radius 1 is 0.804 bits per heavy atom. The molecule has 4 aromatic carbocycles. The van der Waals surface area contributed by atoms with E-state index in [0.717, 1.165) is 27.9 Å². The molecule has 3 heterocycles. The van der Waals surface area contributed by atoms with Crippen LogP contribution >= 0.6 is 11.8 Å². The smallest absolute Gasteiger partial charge is 0.261 e. The van der Waals surface area contributed by atoms with Crippen LogP contribution in [0.3, 0.4) is 0 Å². The van der Waals surface area contributed by atoms with Gasteiger partial charge in [0.15, 0.2) is 6.29 Å². The Labute approximate surface area is 268 Å². The number of benzene rings is 4. The number of thioether (sulfide) groups is 1. The molecular weight excluding hydrogens is 606 g/mol. The summed E-state index contributed by atoms with van der Waals surface area (Å²) >= 11 is 1.46. The molecule has 1 saturated heterocycles. The molecule has 0 radical (unpaired) electrons. The minimum absolute atomic E-state index is 0.0420. The fourth-order valence-electron chi connectivity index (χ4n) is 5.56. The summed E-state index contributed by atoms with van der Waals surface area (Å²) < 4.78 is 14.5. The maximum atomic E-state index is 12.9. The first-order valence-electron chi connectivity index (χ1n) is 14.7. The van der Waals surface area contributed by atoms with Crippen LogP contribution in [0.5, 0.6) is 5.75 Å². The number of tetrazole rings is 1. The van der Waals surface area contributed by atoms with E-state index in [4.69, 9.17) is 9.47 Å². The van der Waals surface area contributed by atoms with Crippen LogP contribution in [0.4, 0.5) is 0 Å². The third-order valence-corrected chi connectivity index (χ3v) is 9.07. The second-order valence-corrected chi connectivity index (χ2v) is 12.0. The van der Waals surface area contributed by atoms with Gasteiger partial charge in [-0.1, -0.05) is 72.4 Å². The van der Waals surface area contributed by atoms with E-state index >= 15 is 0 Å². The lowest BCUT2D eigenvalue weighted by Crippen LogP contribution is -2.31. The van der Waals surface area contributed by atoms with Crippen LogP contribution in [-0.2, 0) is 22.6 Å². The van der Waals surface area contributed by atoms with Crippen molar-refractivity contribution >= 4 is 23.6 Å². The Balaban J connectivity index is 1.08. The molecule has 5 aromatic rings. The summed E-state index contributed by atoms with van der Waals surface area (Å²) in [4.78, 5) is 27.0. The fourth-order valence-corrected chi connectivity index (χ4v) is 6.47. The van der Waals surface area contributed by atoms with Crippen molar-refractivity contribution in [3.63, 3.8) is 0 Å². The number of phenolic OH excluding ortho intramolecular Hbond substituents is 1. The van der Waals surface area contributed by atoms with E-state index in [0.29, 0.717) is 28.5 Å². The van der Waals surface area contributed by atoms with E-state index in [1.54, 1.807) is 53.2 Å². The zero-order chi connectivity index (χ0) is 31.6. The molecule has 2 amide bonds. The quantitative estimate of drug-likeness (QED) is 0.168. The Morgan fingerprint density at radius 2 is 1.46 bits per heavy atom. The number of fused-ring (bicyclic) bond motifs is 1. The fraction of sp³-hybridized carbons (Fsp3) is 0.206. The Kier molecular flexibility index (Phi) is 8.33. The highest BCUT2D eigenvalue weighted by molar-refractivity contribution is 7.99. The number of nitrogens with zero attached hydrogens (tertiary/aromatic N) is 5. The van der Waals surface area contributed by atoms with E-state index in [2.05, 4.69) is 15.5 Å². The number of phenols is 1. The van der Waals surface area contributed by atoms with E-state index in [1.165, 1.54) is 16.7 Å². The highest BCUT2D eigenvalue weighted by atomic mass is 32.2. The number of carbonyl (C=O) groups is 2. The minimum Gasteiger partial charge on any atom is -0.508 e. The van der Waals surface area contributed by atoms with Gasteiger partial charge in [-0.05, 0) is 63.5 Å². The average Bonchev–Trinajstić information content (AvgIpc) is 3.67. The van der Waals surface area contributed by atoms with Gasteiger partial charge >= 0.3 is 0 Å². The van der Waals surface area contributed by atoms with Crippen molar-refractivity contribution in [1.82, 2.24) is 25.1 Å². The van der Waals surface area contributed by atoms with Crippen molar-refractivity contribution in [1.29, 1.82) is 0 Å². The van der Waals surface area contributed by atoms with Crippen LogP contribution in [0.15, 0.2) is 102 Å². The molecule has 2 aliphatic rings. The summed E-state index contributed by atoms with van der Waals surface area (Å²) in [6.45, 7) is 0.119. The first-order valence-corrected chi connectivity index (χ1v) is 15.7. The number of aromatic nitrogens is 4. The monoisotopic (exact) mass is 635 g/mol. The first-order chi connectivity index (χ1) is 22.5. The van der Waals surface area contributed by atoms with Gasteiger partial charge < -0.3 is 19.7 Å². The van der Waals surface area contributed by atoms with Crippen LogP contribution < -0.4 is 0 Å². The SMILES string of the molecule is O=C1c2ccccc2C(=O)N1Cc1ccc([C@H]2O[C@@H](CSc3nnnn3-c3ccc(O)cc3)C[C@@H](c3ccc(CO)cc3)O2)cc1. The molecule has 0 unspecified atom stereocenters. The van der Waals surface area contributed by atoms with Crippen molar-refractivity contribution in [3.8, 4) is 11.4 Å². The summed E-state index contributed by atoms with van der Waals surface area (Å²) in [5.74, 6) is 0.106. The number of aliphatic hydroxyl groups excluding tert-OH is 1. The Morgan fingerprint density at radius 3 is 2.13 bits per heavy atom. The van der Waals surface area contributed by atoms with Crippen molar-refractivity contribution in [3.05, 3.63) is 130 Å². The lowest BCUT2D eigenvalue weighted by molar-refractivity contribution is -0.245. The van der Waals surface area contributed by atoms with Gasteiger partial charge in [0, 0.05) is 17.7 Å². The first kappa shape index (κ1) is 29.8. The molecule has 11 nitrogen and oxygen atoms in total. The van der Waals surface area contributed by atoms with Crippen LogP contribution in [-0.4, -0.2) is 59.0 Å². The number of ether oxygens (including phenoxy) is 2. The van der Waals surface area contributed by atoms with Crippen LogP contribution in [0.2, 0.25) is 0 Å². The van der Waals surface area contributed by atoms with E-state index in [9.17, 15) is 19.8 Å². The third kappa shape index (κ3) is 6.03. The highest BCUT2D eigenvalue weighted by Crippen LogP contribution is 2.39. The molecule has 0 saturated carbocycles. The highest BCUT2D eigenvalue weighted by Gasteiger charge is 2.36. The number of carbonyl (C=O) groups excluding carboxylic acids is 2. The molecule has 232 valence electrons. The summed E-state index contributed by atoms with van der Waals surface area (Å²) in [6.07, 6.45) is -0.596. The van der Waals surface area contributed by atoms with Crippen molar-refractivity contribution in [2.24, 2.45) is 0 Å². The second kappa shape index (κ2) is 12.9. The standard InChI is InChI=1S/C34H29N5O6S/c40-19-22-7-9-23(10-8-22)30-17-27(20-46-34-35-36-37-39(34)25-13-15-26(41)16-14-25)44-33(45-30)24-11-5-21(6-12-24)18-38-31(42)28-3-1-2-4-29(28)32(38)43/h1-16,27,30,33,40-41H,17-20H2/t27-,30+,33+/m1/s1. The predicted molar refractivity (Wildman–Crippen MR) is 167 cm³/mol. The maximum Gasteiger partial charge on any atom is 0.261 e. The number of hydrogen-bond donors (Lipinski definition) is 2. The predicted octanol–water partition coefficient (Wildman–Crippen LogP) is 4.99. The number of aromatic hydroxyl groups is 1. The maximum absolute atomic E-state index is 12.9. The van der Waals surface area contributed by atoms with Gasteiger partial charge in [0.2, 0.25) is 5.16 Å². The van der Waals surface area contributed by atoms with Crippen molar-refractivity contribution in [2.75, 3.05) is 5.75 Å². The van der Waals surface area contributed by atoms with Crippen LogP contribution in [0.25, 0.3) is 5.69 Å². The largest absolute Gasteiger partial charge is 0.508 e. The van der Waals surface area contributed by atoms with Crippen molar-refractivity contribution < 1.29 is 29.3 Å². The average molecular weight is 636 g/mol. The zero-order valence-electron chi connectivity index (χ0n) is 24.5. The van der Waals surface area contributed by atoms with Gasteiger partial charge in [-0.15, -0.1) is 5.10 Å². The Bertz CT molecular complexity index is 1830. The molecule has 1 aromatic heterocycles. The topological polar surface area (TPSA) is 140 Å². The lowest BCUT2D eigenvalue weighted by atomic mass is 10.0. The van der Waals surface area contributed by atoms with Gasteiger partial charge in [-0.3, -0.25) is 14.5 Å². The molecule has 0 bridgehead atoms. The van der Waals surface area contributed by atoms with Gasteiger partial charge in [0.25, 0.3) is 11.8 Å². The molecule has 2 N–H and O–H groups in total. The lowest BCUT2D eigenvalue weighted by Gasteiger charge is -2.36. The second-order valence-electron chi connectivity index (χ2n) is 11.0. The number of amides is 2. The number of aliphatic hydroxyl groups is 1. The summed E-state index contributed by atoms with van der Waals surface area (Å²) in [6, 6.07) is 28.7. The Hall–Kier alpha value is -4.88. The van der Waals surface area contributed by atoms with E-state index < -0.39 is 6.29 Å². The van der Waals surface area contributed by atoms with Gasteiger partial charge in [0.1, 0.15) is 5.75 Å². The number of rotatable bonds is 9. The number of imide groups is 1. The molecular formula is C34H29N5O6S. The molecule has 0 spiro atoms. The molecule has 46 heavy (non-hydrogen) atoms. The normalized spacial score (nSPS) is 19.4.